The van der Waals surface area contributed by atoms with Crippen molar-refractivity contribution in [2.24, 2.45) is 0 Å². The molecular formula is C17H23N3O2S. The van der Waals surface area contributed by atoms with E-state index in [-0.39, 0.29) is 5.91 Å². The molecule has 3 rings (SSSR count). The van der Waals surface area contributed by atoms with Gasteiger partial charge in [0, 0.05) is 19.1 Å². The molecule has 23 heavy (non-hydrogen) atoms. The van der Waals surface area contributed by atoms with Crippen LogP contribution in [-0.2, 0) is 0 Å². The number of nitrogens with zero attached hydrogens (tertiary/aromatic N) is 2. The first-order valence-electron chi connectivity index (χ1n) is 8.16. The predicted molar refractivity (Wildman–Crippen MR) is 91.9 cm³/mol. The summed E-state index contributed by atoms with van der Waals surface area (Å²) < 4.78 is 5.64. The first kappa shape index (κ1) is 16.2. The maximum atomic E-state index is 13.0. The molecule has 1 N–H and O–H groups in total. The molecule has 0 bridgehead atoms. The number of furan rings is 1. The summed E-state index contributed by atoms with van der Waals surface area (Å²) in [4.78, 5) is 20.3. The Kier molecular flexibility index (Phi) is 4.82. The SMILES string of the molecule is CCCN(C(=O)c1sc(-c2ccc(C)o2)nc1C)C1CCNC1. The molecule has 6 heteroatoms. The van der Waals surface area contributed by atoms with Gasteiger partial charge in [-0.15, -0.1) is 11.3 Å². The number of carbonyl (C=O) groups is 1. The van der Waals surface area contributed by atoms with Crippen molar-refractivity contribution in [3.63, 3.8) is 0 Å². The Morgan fingerprint density at radius 1 is 1.48 bits per heavy atom. The van der Waals surface area contributed by atoms with Crippen LogP contribution in [0.1, 0.15) is 40.9 Å². The molecule has 0 aromatic carbocycles. The zero-order valence-electron chi connectivity index (χ0n) is 13.9. The van der Waals surface area contributed by atoms with E-state index >= 15 is 0 Å². The number of nitrogens with one attached hydrogen (secondary N) is 1. The monoisotopic (exact) mass is 333 g/mol. The van der Waals surface area contributed by atoms with Crippen molar-refractivity contribution >= 4 is 17.2 Å². The zero-order valence-corrected chi connectivity index (χ0v) is 14.7. The highest BCUT2D eigenvalue weighted by atomic mass is 32.1. The number of aromatic nitrogens is 1. The summed E-state index contributed by atoms with van der Waals surface area (Å²) in [6.45, 7) is 8.58. The Bertz CT molecular complexity index is 686. The molecule has 1 fully saturated rings. The topological polar surface area (TPSA) is 58.4 Å². The fourth-order valence-electron chi connectivity index (χ4n) is 2.98. The maximum absolute atomic E-state index is 13.0. The minimum atomic E-state index is 0.102. The van der Waals surface area contributed by atoms with E-state index in [0.29, 0.717) is 6.04 Å². The van der Waals surface area contributed by atoms with E-state index in [4.69, 9.17) is 4.42 Å². The zero-order chi connectivity index (χ0) is 16.4. The van der Waals surface area contributed by atoms with Gasteiger partial charge in [0.05, 0.1) is 5.69 Å². The number of carbonyl (C=O) groups excluding carboxylic acids is 1. The minimum absolute atomic E-state index is 0.102. The lowest BCUT2D eigenvalue weighted by molar-refractivity contribution is 0.0696. The van der Waals surface area contributed by atoms with Crippen LogP contribution in [0.25, 0.3) is 10.8 Å². The number of amides is 1. The Balaban J connectivity index is 1.87. The molecule has 2 aromatic rings. The van der Waals surface area contributed by atoms with Crippen molar-refractivity contribution in [3.05, 3.63) is 28.5 Å². The number of thiazole rings is 1. The Labute approximate surface area is 140 Å². The fourth-order valence-corrected chi connectivity index (χ4v) is 3.96. The van der Waals surface area contributed by atoms with Crippen LogP contribution in [0.3, 0.4) is 0 Å². The third-order valence-corrected chi connectivity index (χ3v) is 5.30. The van der Waals surface area contributed by atoms with Crippen LogP contribution in [0.2, 0.25) is 0 Å². The third kappa shape index (κ3) is 3.33. The van der Waals surface area contributed by atoms with Crippen LogP contribution in [0, 0.1) is 13.8 Å². The largest absolute Gasteiger partial charge is 0.459 e. The minimum Gasteiger partial charge on any atom is -0.459 e. The van der Waals surface area contributed by atoms with Gasteiger partial charge in [0.1, 0.15) is 10.6 Å². The summed E-state index contributed by atoms with van der Waals surface area (Å²) >= 11 is 1.43. The van der Waals surface area contributed by atoms with Gasteiger partial charge in [-0.2, -0.15) is 0 Å². The Morgan fingerprint density at radius 2 is 2.30 bits per heavy atom. The molecule has 3 heterocycles. The highest BCUT2D eigenvalue weighted by molar-refractivity contribution is 7.17. The maximum Gasteiger partial charge on any atom is 0.266 e. The summed E-state index contributed by atoms with van der Waals surface area (Å²) in [5, 5.41) is 4.12. The van der Waals surface area contributed by atoms with Gasteiger partial charge < -0.3 is 14.6 Å². The molecule has 1 aliphatic heterocycles. The standard InChI is InChI=1S/C17H23N3O2S/c1-4-9-20(13-7-8-18-10-13)17(21)15-12(3)19-16(23-15)14-6-5-11(2)22-14/h5-6,13,18H,4,7-10H2,1-3H3. The Morgan fingerprint density at radius 3 is 2.91 bits per heavy atom. The lowest BCUT2D eigenvalue weighted by Gasteiger charge is -2.27. The van der Waals surface area contributed by atoms with Gasteiger partial charge in [-0.3, -0.25) is 4.79 Å². The van der Waals surface area contributed by atoms with Crippen molar-refractivity contribution in [1.82, 2.24) is 15.2 Å². The van der Waals surface area contributed by atoms with Crippen molar-refractivity contribution < 1.29 is 9.21 Å². The van der Waals surface area contributed by atoms with Crippen LogP contribution < -0.4 is 5.32 Å². The highest BCUT2D eigenvalue weighted by Gasteiger charge is 2.29. The molecule has 2 aromatic heterocycles. The molecule has 1 saturated heterocycles. The second-order valence-corrected chi connectivity index (χ2v) is 6.99. The van der Waals surface area contributed by atoms with Crippen molar-refractivity contribution in [2.45, 2.75) is 39.7 Å². The van der Waals surface area contributed by atoms with E-state index < -0.39 is 0 Å². The molecule has 1 amide bonds. The summed E-state index contributed by atoms with van der Waals surface area (Å²) in [5.74, 6) is 1.69. The molecule has 1 unspecified atom stereocenters. The average Bonchev–Trinajstić information content (AvgIpc) is 3.24. The molecule has 1 aliphatic rings. The molecule has 5 nitrogen and oxygen atoms in total. The lowest BCUT2D eigenvalue weighted by atomic mass is 10.2. The first-order chi connectivity index (χ1) is 11.1. The molecule has 0 radical (unpaired) electrons. The van der Waals surface area contributed by atoms with Gasteiger partial charge in [-0.1, -0.05) is 6.92 Å². The highest BCUT2D eigenvalue weighted by Crippen LogP contribution is 2.30. The second-order valence-electron chi connectivity index (χ2n) is 5.99. The van der Waals surface area contributed by atoms with Crippen LogP contribution in [0.15, 0.2) is 16.5 Å². The van der Waals surface area contributed by atoms with Crippen molar-refractivity contribution in [2.75, 3.05) is 19.6 Å². The summed E-state index contributed by atoms with van der Waals surface area (Å²) in [5.41, 5.74) is 0.788. The molecule has 0 spiro atoms. The fraction of sp³-hybridized carbons (Fsp3) is 0.529. The van der Waals surface area contributed by atoms with Gasteiger partial charge in [0.2, 0.25) is 0 Å². The van der Waals surface area contributed by atoms with E-state index in [1.165, 1.54) is 11.3 Å². The quantitative estimate of drug-likeness (QED) is 0.912. The average molecular weight is 333 g/mol. The normalized spacial score (nSPS) is 17.6. The summed E-state index contributed by atoms with van der Waals surface area (Å²) in [7, 11) is 0. The van der Waals surface area contributed by atoms with Crippen molar-refractivity contribution in [3.8, 4) is 10.8 Å². The van der Waals surface area contributed by atoms with Crippen LogP contribution >= 0.6 is 11.3 Å². The van der Waals surface area contributed by atoms with E-state index in [9.17, 15) is 4.79 Å². The Hall–Kier alpha value is -1.66. The number of aryl methyl sites for hydroxylation is 2. The van der Waals surface area contributed by atoms with E-state index in [1.54, 1.807) is 0 Å². The third-order valence-electron chi connectivity index (χ3n) is 4.14. The molecular weight excluding hydrogens is 310 g/mol. The van der Waals surface area contributed by atoms with Crippen LogP contribution in [0.4, 0.5) is 0 Å². The van der Waals surface area contributed by atoms with Gasteiger partial charge >= 0.3 is 0 Å². The van der Waals surface area contributed by atoms with E-state index in [1.807, 2.05) is 30.9 Å². The molecule has 0 saturated carbocycles. The molecule has 1 atom stereocenters. The van der Waals surface area contributed by atoms with Crippen molar-refractivity contribution in [1.29, 1.82) is 0 Å². The number of rotatable bonds is 5. The number of hydrogen-bond acceptors (Lipinski definition) is 5. The lowest BCUT2D eigenvalue weighted by Crippen LogP contribution is -2.42. The second kappa shape index (κ2) is 6.84. The summed E-state index contributed by atoms with van der Waals surface area (Å²) in [6, 6.07) is 4.12. The van der Waals surface area contributed by atoms with Gasteiger partial charge in [0.25, 0.3) is 5.91 Å². The molecule has 124 valence electrons. The predicted octanol–water partition coefficient (Wildman–Crippen LogP) is 3.23. The first-order valence-corrected chi connectivity index (χ1v) is 8.97. The van der Waals surface area contributed by atoms with Gasteiger partial charge in [0.15, 0.2) is 10.8 Å². The van der Waals surface area contributed by atoms with E-state index in [0.717, 1.165) is 59.6 Å². The molecule has 0 aliphatic carbocycles. The van der Waals surface area contributed by atoms with E-state index in [2.05, 4.69) is 17.2 Å². The van der Waals surface area contributed by atoms with Gasteiger partial charge in [-0.05, 0) is 45.4 Å². The summed E-state index contributed by atoms with van der Waals surface area (Å²) in [6.07, 6.45) is 1.98. The van der Waals surface area contributed by atoms with Crippen LogP contribution in [0.5, 0.6) is 0 Å². The number of hydrogen-bond donors (Lipinski definition) is 1. The van der Waals surface area contributed by atoms with Gasteiger partial charge in [-0.25, -0.2) is 4.98 Å². The smallest absolute Gasteiger partial charge is 0.266 e. The van der Waals surface area contributed by atoms with Crippen LogP contribution in [-0.4, -0.2) is 41.5 Å².